The smallest absolute Gasteiger partial charge is 0.216 e. The molecule has 0 radical (unpaired) electrons. The van der Waals surface area contributed by atoms with Crippen LogP contribution in [0.3, 0.4) is 0 Å². The number of amides is 1. The topological polar surface area (TPSA) is 41.1 Å². The average Bonchev–Trinajstić information content (AvgIpc) is 2.23. The van der Waals surface area contributed by atoms with Gasteiger partial charge >= 0.3 is 0 Å². The van der Waals surface area contributed by atoms with Crippen LogP contribution in [0.2, 0.25) is 0 Å². The van der Waals surface area contributed by atoms with Gasteiger partial charge in [-0.25, -0.2) is 0 Å². The van der Waals surface area contributed by atoms with Crippen molar-refractivity contribution in [2.24, 2.45) is 17.8 Å². The highest BCUT2D eigenvalue weighted by molar-refractivity contribution is 5.72. The summed E-state index contributed by atoms with van der Waals surface area (Å²) in [5.74, 6) is 2.44. The molecule has 3 unspecified atom stereocenters. The van der Waals surface area contributed by atoms with Crippen molar-refractivity contribution in [3.05, 3.63) is 0 Å². The van der Waals surface area contributed by atoms with Gasteiger partial charge in [0.2, 0.25) is 5.91 Å². The maximum Gasteiger partial charge on any atom is 0.216 e. The highest BCUT2D eigenvalue weighted by Crippen LogP contribution is 2.33. The second-order valence-corrected chi connectivity index (χ2v) is 5.87. The summed E-state index contributed by atoms with van der Waals surface area (Å²) >= 11 is 0. The monoisotopic (exact) mass is 240 g/mol. The zero-order valence-electron chi connectivity index (χ0n) is 11.8. The molecule has 2 N–H and O–H groups in total. The van der Waals surface area contributed by atoms with Crippen LogP contribution < -0.4 is 10.6 Å². The second-order valence-electron chi connectivity index (χ2n) is 5.87. The van der Waals surface area contributed by atoms with Crippen LogP contribution in [0, 0.1) is 17.8 Å². The Bertz CT molecular complexity index is 240. The van der Waals surface area contributed by atoms with Crippen LogP contribution in [-0.2, 0) is 4.79 Å². The summed E-state index contributed by atoms with van der Waals surface area (Å²) in [7, 11) is 0. The molecule has 3 nitrogen and oxygen atoms in total. The van der Waals surface area contributed by atoms with Crippen LogP contribution in [-0.4, -0.2) is 25.0 Å². The van der Waals surface area contributed by atoms with E-state index in [0.717, 1.165) is 30.8 Å². The van der Waals surface area contributed by atoms with Crippen LogP contribution in [0.5, 0.6) is 0 Å². The Kier molecular flexibility index (Phi) is 5.96. The van der Waals surface area contributed by atoms with Crippen LogP contribution in [0.25, 0.3) is 0 Å². The third-order valence-corrected chi connectivity index (χ3v) is 3.93. The fraction of sp³-hybridized carbons (Fsp3) is 0.929. The minimum absolute atomic E-state index is 0.0595. The molecule has 0 saturated heterocycles. The molecule has 0 bridgehead atoms. The lowest BCUT2D eigenvalue weighted by Crippen LogP contribution is -2.45. The van der Waals surface area contributed by atoms with Crippen LogP contribution >= 0.6 is 0 Å². The summed E-state index contributed by atoms with van der Waals surface area (Å²) in [6.45, 7) is 10.2. The maximum atomic E-state index is 10.8. The van der Waals surface area contributed by atoms with E-state index in [0.29, 0.717) is 6.04 Å². The van der Waals surface area contributed by atoms with Crippen molar-refractivity contribution in [2.75, 3.05) is 13.1 Å². The molecule has 0 aliphatic heterocycles. The van der Waals surface area contributed by atoms with E-state index in [-0.39, 0.29) is 5.91 Å². The molecule has 100 valence electrons. The first-order valence-corrected chi connectivity index (χ1v) is 6.98. The zero-order chi connectivity index (χ0) is 12.8. The van der Waals surface area contributed by atoms with Gasteiger partial charge in [-0.05, 0) is 30.6 Å². The normalized spacial score (nSPS) is 29.4. The SMILES string of the molecule is CC(=O)NCCNC1CC(C)CCC1C(C)C. The molecule has 1 aliphatic rings. The van der Waals surface area contributed by atoms with Gasteiger partial charge < -0.3 is 10.6 Å². The van der Waals surface area contributed by atoms with E-state index in [1.165, 1.54) is 19.3 Å². The second kappa shape index (κ2) is 7.00. The van der Waals surface area contributed by atoms with Gasteiger partial charge in [-0.1, -0.05) is 27.2 Å². The molecule has 0 spiro atoms. The lowest BCUT2D eigenvalue weighted by Gasteiger charge is -2.38. The van der Waals surface area contributed by atoms with Crippen molar-refractivity contribution >= 4 is 5.91 Å². The molecule has 17 heavy (non-hydrogen) atoms. The summed E-state index contributed by atoms with van der Waals surface area (Å²) in [6.07, 6.45) is 3.99. The third kappa shape index (κ3) is 5.07. The predicted octanol–water partition coefficient (Wildman–Crippen LogP) is 2.17. The van der Waals surface area contributed by atoms with Crippen molar-refractivity contribution in [2.45, 2.75) is 53.0 Å². The van der Waals surface area contributed by atoms with Crippen LogP contribution in [0.15, 0.2) is 0 Å². The van der Waals surface area contributed by atoms with E-state index in [1.54, 1.807) is 6.92 Å². The molecule has 3 heteroatoms. The van der Waals surface area contributed by atoms with Crippen molar-refractivity contribution in [1.29, 1.82) is 0 Å². The molecule has 1 saturated carbocycles. The van der Waals surface area contributed by atoms with Gasteiger partial charge in [-0.15, -0.1) is 0 Å². The van der Waals surface area contributed by atoms with Crippen molar-refractivity contribution < 1.29 is 4.79 Å². The molecule has 1 aliphatic carbocycles. The largest absolute Gasteiger partial charge is 0.355 e. The molecule has 1 fully saturated rings. The van der Waals surface area contributed by atoms with E-state index in [1.807, 2.05) is 0 Å². The molecule has 3 atom stereocenters. The van der Waals surface area contributed by atoms with Gasteiger partial charge in [0, 0.05) is 26.1 Å². The van der Waals surface area contributed by atoms with Crippen LogP contribution in [0.4, 0.5) is 0 Å². The molecule has 0 aromatic heterocycles. The number of nitrogens with one attached hydrogen (secondary N) is 2. The lowest BCUT2D eigenvalue weighted by atomic mass is 9.74. The minimum Gasteiger partial charge on any atom is -0.355 e. The minimum atomic E-state index is 0.0595. The summed E-state index contributed by atoms with van der Waals surface area (Å²) in [6, 6.07) is 0.632. The number of carbonyl (C=O) groups excluding carboxylic acids is 1. The van der Waals surface area contributed by atoms with Gasteiger partial charge in [-0.3, -0.25) is 4.79 Å². The van der Waals surface area contributed by atoms with Crippen molar-refractivity contribution in [3.63, 3.8) is 0 Å². The number of hydrogen-bond donors (Lipinski definition) is 2. The zero-order valence-corrected chi connectivity index (χ0v) is 11.8. The molecule has 0 heterocycles. The summed E-state index contributed by atoms with van der Waals surface area (Å²) in [5.41, 5.74) is 0. The molecular weight excluding hydrogens is 212 g/mol. The van der Waals surface area contributed by atoms with Gasteiger partial charge in [-0.2, -0.15) is 0 Å². The first kappa shape index (κ1) is 14.5. The Morgan fingerprint density at radius 2 is 2.00 bits per heavy atom. The Balaban J connectivity index is 2.33. The highest BCUT2D eigenvalue weighted by atomic mass is 16.1. The van der Waals surface area contributed by atoms with E-state index >= 15 is 0 Å². The Morgan fingerprint density at radius 1 is 1.29 bits per heavy atom. The molecule has 0 aromatic rings. The lowest BCUT2D eigenvalue weighted by molar-refractivity contribution is -0.118. The van der Waals surface area contributed by atoms with Gasteiger partial charge in [0.1, 0.15) is 0 Å². The van der Waals surface area contributed by atoms with E-state index < -0.39 is 0 Å². The standard InChI is InChI=1S/C14H28N2O/c1-10(2)13-6-5-11(3)9-14(13)16-8-7-15-12(4)17/h10-11,13-14,16H,5-9H2,1-4H3,(H,15,17). The maximum absolute atomic E-state index is 10.8. The number of hydrogen-bond acceptors (Lipinski definition) is 2. The third-order valence-electron chi connectivity index (χ3n) is 3.93. The first-order valence-electron chi connectivity index (χ1n) is 6.98. The number of carbonyl (C=O) groups is 1. The fourth-order valence-corrected chi connectivity index (χ4v) is 2.93. The number of rotatable bonds is 5. The summed E-state index contributed by atoms with van der Waals surface area (Å²) < 4.78 is 0. The summed E-state index contributed by atoms with van der Waals surface area (Å²) in [4.78, 5) is 10.8. The average molecular weight is 240 g/mol. The predicted molar refractivity (Wildman–Crippen MR) is 71.8 cm³/mol. The van der Waals surface area contributed by atoms with Crippen molar-refractivity contribution in [1.82, 2.24) is 10.6 Å². The van der Waals surface area contributed by atoms with Gasteiger partial charge in [0.25, 0.3) is 0 Å². The van der Waals surface area contributed by atoms with Crippen molar-refractivity contribution in [3.8, 4) is 0 Å². The van der Waals surface area contributed by atoms with Gasteiger partial charge in [0.05, 0.1) is 0 Å². The molecule has 1 amide bonds. The Labute approximate surface area is 106 Å². The van der Waals surface area contributed by atoms with Crippen LogP contribution in [0.1, 0.15) is 47.0 Å². The van der Waals surface area contributed by atoms with Gasteiger partial charge in [0.15, 0.2) is 0 Å². The molecular formula is C14H28N2O. The first-order chi connectivity index (χ1) is 8.00. The highest BCUT2D eigenvalue weighted by Gasteiger charge is 2.29. The Morgan fingerprint density at radius 3 is 2.59 bits per heavy atom. The Hall–Kier alpha value is -0.570. The van der Waals surface area contributed by atoms with E-state index in [9.17, 15) is 4.79 Å². The molecule has 1 rings (SSSR count). The molecule has 0 aromatic carbocycles. The quantitative estimate of drug-likeness (QED) is 0.723. The van der Waals surface area contributed by atoms with E-state index in [4.69, 9.17) is 0 Å². The fourth-order valence-electron chi connectivity index (χ4n) is 2.93. The summed E-state index contributed by atoms with van der Waals surface area (Å²) in [5, 5.41) is 6.46. The van der Waals surface area contributed by atoms with E-state index in [2.05, 4.69) is 31.4 Å².